The first-order valence-corrected chi connectivity index (χ1v) is 4.87. The fourth-order valence-corrected chi connectivity index (χ4v) is 1.24. The van der Waals surface area contributed by atoms with Gasteiger partial charge in [0.05, 0.1) is 0 Å². The molecule has 0 radical (unpaired) electrons. The molecule has 0 fully saturated rings. The molecule has 6 heteroatoms. The monoisotopic (exact) mass is 253 g/mol. The minimum atomic E-state index is -1.32. The molecule has 1 atom stereocenters. The fraction of sp³-hybridized carbons (Fsp3) is 0.167. The second-order valence-electron chi connectivity index (χ2n) is 3.43. The minimum absolute atomic E-state index is 0.223. The van der Waals surface area contributed by atoms with Gasteiger partial charge in [-0.1, -0.05) is 0 Å². The lowest BCUT2D eigenvalue weighted by atomic mass is 10.1. The van der Waals surface area contributed by atoms with E-state index in [1.165, 1.54) is 0 Å². The average molecular weight is 253 g/mol. The van der Waals surface area contributed by atoms with Crippen molar-refractivity contribution >= 4 is 11.9 Å². The van der Waals surface area contributed by atoms with E-state index in [9.17, 15) is 18.4 Å². The zero-order valence-corrected chi connectivity index (χ0v) is 9.11. The van der Waals surface area contributed by atoms with Crippen molar-refractivity contribution in [2.45, 2.75) is 12.5 Å². The highest BCUT2D eigenvalue weighted by molar-refractivity contribution is 5.96. The van der Waals surface area contributed by atoms with Crippen LogP contribution in [0.4, 0.5) is 8.78 Å². The number of nitrogens with one attached hydrogen (secondary N) is 1. The molecule has 1 unspecified atom stereocenters. The van der Waals surface area contributed by atoms with Gasteiger partial charge in [0.25, 0.3) is 5.91 Å². The Hall–Kier alpha value is -2.42. The Morgan fingerprint density at radius 3 is 2.33 bits per heavy atom. The summed E-state index contributed by atoms with van der Waals surface area (Å²) in [6.07, 6.45) is 4.72. The Morgan fingerprint density at radius 2 is 1.89 bits per heavy atom. The molecule has 18 heavy (non-hydrogen) atoms. The highest BCUT2D eigenvalue weighted by atomic mass is 19.1. The third-order valence-electron chi connectivity index (χ3n) is 2.05. The second-order valence-corrected chi connectivity index (χ2v) is 3.43. The molecule has 1 amide bonds. The number of carboxylic acids is 1. The summed E-state index contributed by atoms with van der Waals surface area (Å²) in [5, 5.41) is 10.8. The molecule has 1 aromatic rings. The van der Waals surface area contributed by atoms with E-state index in [1.54, 1.807) is 0 Å². The number of hydrogen-bond acceptors (Lipinski definition) is 2. The number of benzene rings is 1. The largest absolute Gasteiger partial charge is 0.480 e. The predicted octanol–water partition coefficient (Wildman–Crippen LogP) is 1.17. The summed E-state index contributed by atoms with van der Waals surface area (Å²) < 4.78 is 25.7. The molecule has 0 aromatic heterocycles. The standard InChI is InChI=1S/C12H9F2NO3/c1-2-3-10(12(17)18)15-11(16)7-4-8(13)6-9(14)5-7/h1,4-6,10H,3H2,(H,15,16)(H,17,18). The number of carbonyl (C=O) groups is 2. The Balaban J connectivity index is 2.87. The first-order valence-electron chi connectivity index (χ1n) is 4.87. The van der Waals surface area contributed by atoms with Gasteiger partial charge in [-0.2, -0.15) is 0 Å². The Kier molecular flexibility index (Phi) is 4.38. The first kappa shape index (κ1) is 13.6. The lowest BCUT2D eigenvalue weighted by Crippen LogP contribution is -2.40. The molecule has 0 spiro atoms. The van der Waals surface area contributed by atoms with Gasteiger partial charge in [0.15, 0.2) is 0 Å². The molecule has 1 rings (SSSR count). The third kappa shape index (κ3) is 3.56. The van der Waals surface area contributed by atoms with E-state index in [-0.39, 0.29) is 12.0 Å². The maximum absolute atomic E-state index is 12.9. The summed E-state index contributed by atoms with van der Waals surface area (Å²) in [4.78, 5) is 22.3. The van der Waals surface area contributed by atoms with Gasteiger partial charge in [0.2, 0.25) is 0 Å². The van der Waals surface area contributed by atoms with Crippen LogP contribution in [0.3, 0.4) is 0 Å². The average Bonchev–Trinajstić information content (AvgIpc) is 2.26. The number of halogens is 2. The molecule has 0 saturated heterocycles. The molecular weight excluding hydrogens is 244 g/mol. The zero-order chi connectivity index (χ0) is 13.7. The van der Waals surface area contributed by atoms with E-state index in [4.69, 9.17) is 11.5 Å². The van der Waals surface area contributed by atoms with Crippen LogP contribution in [0.15, 0.2) is 18.2 Å². The number of hydrogen-bond donors (Lipinski definition) is 2. The van der Waals surface area contributed by atoms with Crippen LogP contribution in [0.2, 0.25) is 0 Å². The molecule has 0 saturated carbocycles. The summed E-state index contributed by atoms with van der Waals surface area (Å²) in [6.45, 7) is 0. The van der Waals surface area contributed by atoms with Crippen LogP contribution in [0, 0.1) is 24.0 Å². The van der Waals surface area contributed by atoms with Crippen LogP contribution in [-0.4, -0.2) is 23.0 Å². The normalized spacial score (nSPS) is 11.4. The van der Waals surface area contributed by atoms with Crippen LogP contribution in [0.5, 0.6) is 0 Å². The lowest BCUT2D eigenvalue weighted by molar-refractivity contribution is -0.139. The molecule has 1 aromatic carbocycles. The van der Waals surface area contributed by atoms with Crippen LogP contribution >= 0.6 is 0 Å². The Bertz CT molecular complexity index is 502. The molecule has 2 N–H and O–H groups in total. The fourth-order valence-electron chi connectivity index (χ4n) is 1.24. The van der Waals surface area contributed by atoms with Crippen molar-refractivity contribution in [3.05, 3.63) is 35.4 Å². The van der Waals surface area contributed by atoms with Crippen LogP contribution in [0.1, 0.15) is 16.8 Å². The van der Waals surface area contributed by atoms with Crippen molar-refractivity contribution < 1.29 is 23.5 Å². The van der Waals surface area contributed by atoms with Gasteiger partial charge in [-0.3, -0.25) is 4.79 Å². The SMILES string of the molecule is C#CCC(NC(=O)c1cc(F)cc(F)c1)C(=O)O. The van der Waals surface area contributed by atoms with Gasteiger partial charge in [-0.05, 0) is 12.1 Å². The maximum atomic E-state index is 12.9. The van der Waals surface area contributed by atoms with Gasteiger partial charge in [0, 0.05) is 18.1 Å². The summed E-state index contributed by atoms with van der Waals surface area (Å²) in [7, 11) is 0. The smallest absolute Gasteiger partial charge is 0.327 e. The predicted molar refractivity (Wildman–Crippen MR) is 58.7 cm³/mol. The van der Waals surface area contributed by atoms with Crippen molar-refractivity contribution in [3.8, 4) is 12.3 Å². The van der Waals surface area contributed by atoms with Crippen molar-refractivity contribution in [2.75, 3.05) is 0 Å². The summed E-state index contributed by atoms with van der Waals surface area (Å²) in [5.41, 5.74) is -0.309. The molecule has 94 valence electrons. The number of amides is 1. The summed E-state index contributed by atoms with van der Waals surface area (Å²) >= 11 is 0. The molecular formula is C12H9F2NO3. The van der Waals surface area contributed by atoms with Crippen molar-refractivity contribution in [1.82, 2.24) is 5.32 Å². The van der Waals surface area contributed by atoms with E-state index >= 15 is 0 Å². The van der Waals surface area contributed by atoms with Crippen molar-refractivity contribution in [3.63, 3.8) is 0 Å². The maximum Gasteiger partial charge on any atom is 0.327 e. The summed E-state index contributed by atoms with van der Waals surface area (Å²) in [5.74, 6) is -2.00. The molecule has 4 nitrogen and oxygen atoms in total. The number of terminal acetylenes is 1. The molecule has 0 aliphatic rings. The quantitative estimate of drug-likeness (QED) is 0.791. The van der Waals surface area contributed by atoms with Crippen LogP contribution < -0.4 is 5.32 Å². The number of carbonyl (C=O) groups excluding carboxylic acids is 1. The van der Waals surface area contributed by atoms with E-state index in [1.807, 2.05) is 0 Å². The van der Waals surface area contributed by atoms with E-state index in [0.717, 1.165) is 12.1 Å². The van der Waals surface area contributed by atoms with E-state index < -0.39 is 29.6 Å². The third-order valence-corrected chi connectivity index (χ3v) is 2.05. The van der Waals surface area contributed by atoms with Gasteiger partial charge in [0.1, 0.15) is 17.7 Å². The number of rotatable bonds is 4. The van der Waals surface area contributed by atoms with Crippen molar-refractivity contribution in [2.24, 2.45) is 0 Å². The van der Waals surface area contributed by atoms with E-state index in [0.29, 0.717) is 6.07 Å². The molecule has 0 bridgehead atoms. The van der Waals surface area contributed by atoms with Crippen LogP contribution in [-0.2, 0) is 4.79 Å². The summed E-state index contributed by atoms with van der Waals surface area (Å²) in [6, 6.07) is 0.904. The Labute approximate surface area is 102 Å². The van der Waals surface area contributed by atoms with Gasteiger partial charge < -0.3 is 10.4 Å². The highest BCUT2D eigenvalue weighted by Gasteiger charge is 2.20. The Morgan fingerprint density at radius 1 is 1.33 bits per heavy atom. The minimum Gasteiger partial charge on any atom is -0.480 e. The molecule has 0 aliphatic carbocycles. The highest BCUT2D eigenvalue weighted by Crippen LogP contribution is 2.08. The van der Waals surface area contributed by atoms with Gasteiger partial charge in [-0.25, -0.2) is 13.6 Å². The topological polar surface area (TPSA) is 66.4 Å². The second kappa shape index (κ2) is 5.77. The van der Waals surface area contributed by atoms with Crippen molar-refractivity contribution in [1.29, 1.82) is 0 Å². The van der Waals surface area contributed by atoms with Gasteiger partial charge in [-0.15, -0.1) is 12.3 Å². The van der Waals surface area contributed by atoms with E-state index in [2.05, 4.69) is 11.2 Å². The lowest BCUT2D eigenvalue weighted by Gasteiger charge is -2.11. The van der Waals surface area contributed by atoms with Gasteiger partial charge >= 0.3 is 5.97 Å². The first-order chi connectivity index (χ1) is 8.43. The zero-order valence-electron chi connectivity index (χ0n) is 9.11. The molecule has 0 heterocycles. The number of carboxylic acid groups (broad SMARTS) is 1. The van der Waals surface area contributed by atoms with Crippen LogP contribution in [0.25, 0.3) is 0 Å². The molecule has 0 aliphatic heterocycles. The number of aliphatic carboxylic acids is 1.